The van der Waals surface area contributed by atoms with Crippen molar-refractivity contribution >= 4 is 0 Å². The van der Waals surface area contributed by atoms with Gasteiger partial charge in [-0.2, -0.15) is 5.26 Å². The van der Waals surface area contributed by atoms with E-state index < -0.39 is 17.3 Å². The minimum absolute atomic E-state index is 0.323. The first-order chi connectivity index (χ1) is 10.9. The van der Waals surface area contributed by atoms with Gasteiger partial charge in [-0.25, -0.2) is 0 Å². The van der Waals surface area contributed by atoms with Gasteiger partial charge in [0.15, 0.2) is 5.79 Å². The Morgan fingerprint density at radius 3 is 2.83 bits per heavy atom. The Morgan fingerprint density at radius 2 is 2.26 bits per heavy atom. The quantitative estimate of drug-likeness (QED) is 0.902. The summed E-state index contributed by atoms with van der Waals surface area (Å²) in [6.45, 7) is 4.07. The average molecular weight is 317 g/mol. The molecule has 0 bridgehead atoms. The van der Waals surface area contributed by atoms with Gasteiger partial charge in [-0.05, 0) is 56.4 Å². The van der Waals surface area contributed by atoms with Crippen molar-refractivity contribution in [2.45, 2.75) is 56.5 Å². The lowest BCUT2D eigenvalue weighted by atomic mass is 9.62. The maximum atomic E-state index is 10.4. The lowest BCUT2D eigenvalue weighted by Gasteiger charge is -2.39. The SMILES string of the molecule is COc1ccc2c(c1)CC2(C#N)CC[C@@H](O)[C@H]1COC(C)(C)O1. The van der Waals surface area contributed by atoms with E-state index in [1.54, 1.807) is 7.11 Å². The molecule has 0 spiro atoms. The molecular weight excluding hydrogens is 294 g/mol. The van der Waals surface area contributed by atoms with Crippen LogP contribution in [-0.4, -0.2) is 36.8 Å². The highest BCUT2D eigenvalue weighted by Gasteiger charge is 2.44. The first-order valence-corrected chi connectivity index (χ1v) is 7.98. The molecule has 0 radical (unpaired) electrons. The monoisotopic (exact) mass is 317 g/mol. The summed E-state index contributed by atoms with van der Waals surface area (Å²) in [5.74, 6) is 0.173. The second kappa shape index (κ2) is 5.79. The van der Waals surface area contributed by atoms with E-state index in [1.807, 2.05) is 32.0 Å². The number of benzene rings is 1. The molecule has 1 heterocycles. The third kappa shape index (κ3) is 2.94. The zero-order valence-corrected chi connectivity index (χ0v) is 13.8. The molecule has 1 unspecified atom stereocenters. The molecule has 1 fully saturated rings. The molecule has 1 aromatic carbocycles. The number of aliphatic hydroxyl groups is 1. The highest BCUT2D eigenvalue weighted by molar-refractivity contribution is 5.52. The van der Waals surface area contributed by atoms with E-state index >= 15 is 0 Å². The van der Waals surface area contributed by atoms with Gasteiger partial charge in [-0.3, -0.25) is 0 Å². The maximum absolute atomic E-state index is 10.4. The van der Waals surface area contributed by atoms with E-state index in [4.69, 9.17) is 14.2 Å². The zero-order valence-electron chi connectivity index (χ0n) is 13.8. The molecule has 124 valence electrons. The van der Waals surface area contributed by atoms with E-state index in [0.29, 0.717) is 25.9 Å². The van der Waals surface area contributed by atoms with E-state index in [2.05, 4.69) is 6.07 Å². The summed E-state index contributed by atoms with van der Waals surface area (Å²) >= 11 is 0. The van der Waals surface area contributed by atoms with Crippen molar-refractivity contribution in [3.05, 3.63) is 29.3 Å². The molecule has 3 atom stereocenters. The second-order valence-corrected chi connectivity index (χ2v) is 6.87. The standard InChI is InChI=1S/C18H23NO4/c1-17(2)22-10-16(23-17)15(20)6-7-18(11-19)9-12-8-13(21-3)4-5-14(12)18/h4-5,8,15-16,20H,6-7,9-10H2,1-3H3/t15-,16-,18?/m1/s1. The van der Waals surface area contributed by atoms with Gasteiger partial charge in [0.25, 0.3) is 0 Å². The molecule has 1 aliphatic heterocycles. The normalized spacial score (nSPS) is 29.3. The molecule has 1 saturated heterocycles. The van der Waals surface area contributed by atoms with Crippen molar-refractivity contribution in [2.75, 3.05) is 13.7 Å². The predicted molar refractivity (Wildman–Crippen MR) is 84.1 cm³/mol. The summed E-state index contributed by atoms with van der Waals surface area (Å²) in [5.41, 5.74) is 1.70. The third-order valence-corrected chi connectivity index (χ3v) is 4.86. The van der Waals surface area contributed by atoms with Crippen LogP contribution >= 0.6 is 0 Å². The van der Waals surface area contributed by atoms with Crippen LogP contribution in [-0.2, 0) is 21.3 Å². The molecule has 1 aromatic rings. The summed E-state index contributed by atoms with van der Waals surface area (Å²) in [6.07, 6.45) is 0.893. The minimum Gasteiger partial charge on any atom is -0.497 e. The van der Waals surface area contributed by atoms with Crippen LogP contribution in [0.3, 0.4) is 0 Å². The molecular formula is C18H23NO4. The number of rotatable bonds is 5. The molecule has 0 saturated carbocycles. The van der Waals surface area contributed by atoms with Crippen molar-refractivity contribution in [3.63, 3.8) is 0 Å². The van der Waals surface area contributed by atoms with Gasteiger partial charge >= 0.3 is 0 Å². The zero-order chi connectivity index (χ0) is 16.7. The number of fused-ring (bicyclic) bond motifs is 1. The van der Waals surface area contributed by atoms with E-state index in [-0.39, 0.29) is 6.10 Å². The van der Waals surface area contributed by atoms with Crippen molar-refractivity contribution in [3.8, 4) is 11.8 Å². The number of hydrogen-bond donors (Lipinski definition) is 1. The van der Waals surface area contributed by atoms with Gasteiger partial charge in [0.1, 0.15) is 11.9 Å². The van der Waals surface area contributed by atoms with E-state index in [9.17, 15) is 10.4 Å². The highest BCUT2D eigenvalue weighted by atomic mass is 16.7. The lowest BCUT2D eigenvalue weighted by molar-refractivity contribution is -0.151. The van der Waals surface area contributed by atoms with Crippen LogP contribution in [0.25, 0.3) is 0 Å². The summed E-state index contributed by atoms with van der Waals surface area (Å²) in [6, 6.07) is 8.28. The van der Waals surface area contributed by atoms with Gasteiger partial charge in [-0.15, -0.1) is 0 Å². The molecule has 5 heteroatoms. The van der Waals surface area contributed by atoms with Crippen molar-refractivity contribution in [2.24, 2.45) is 0 Å². The molecule has 0 aromatic heterocycles. The maximum Gasteiger partial charge on any atom is 0.163 e. The Hall–Kier alpha value is -1.61. The largest absolute Gasteiger partial charge is 0.497 e. The predicted octanol–water partition coefficient (Wildman–Crippen LogP) is 2.31. The summed E-state index contributed by atoms with van der Waals surface area (Å²) in [7, 11) is 1.64. The van der Waals surface area contributed by atoms with Crippen LogP contribution in [0.1, 0.15) is 37.8 Å². The smallest absolute Gasteiger partial charge is 0.163 e. The molecule has 1 aliphatic carbocycles. The van der Waals surface area contributed by atoms with E-state index in [0.717, 1.165) is 16.9 Å². The van der Waals surface area contributed by atoms with Crippen molar-refractivity contribution < 1.29 is 19.3 Å². The van der Waals surface area contributed by atoms with Crippen LogP contribution in [0, 0.1) is 11.3 Å². The minimum atomic E-state index is -0.641. The number of aliphatic hydroxyl groups excluding tert-OH is 1. The summed E-state index contributed by atoms with van der Waals surface area (Å²) in [5, 5.41) is 20.0. The third-order valence-electron chi connectivity index (χ3n) is 4.86. The molecule has 5 nitrogen and oxygen atoms in total. The fourth-order valence-electron chi connectivity index (χ4n) is 3.49. The summed E-state index contributed by atoms with van der Waals surface area (Å²) in [4.78, 5) is 0. The number of hydrogen-bond acceptors (Lipinski definition) is 5. The topological polar surface area (TPSA) is 71.7 Å². The number of methoxy groups -OCH3 is 1. The van der Waals surface area contributed by atoms with Crippen LogP contribution in [0.15, 0.2) is 18.2 Å². The first kappa shape index (κ1) is 16.3. The van der Waals surface area contributed by atoms with Crippen LogP contribution in [0.2, 0.25) is 0 Å². The Labute approximate surface area is 136 Å². The number of nitriles is 1. The van der Waals surface area contributed by atoms with Crippen molar-refractivity contribution in [1.82, 2.24) is 0 Å². The van der Waals surface area contributed by atoms with Gasteiger partial charge < -0.3 is 19.3 Å². The van der Waals surface area contributed by atoms with Crippen molar-refractivity contribution in [1.29, 1.82) is 5.26 Å². The highest BCUT2D eigenvalue weighted by Crippen LogP contribution is 2.46. The molecule has 3 rings (SSSR count). The molecule has 2 aliphatic rings. The fraction of sp³-hybridized carbons (Fsp3) is 0.611. The Bertz CT molecular complexity index is 636. The molecule has 23 heavy (non-hydrogen) atoms. The first-order valence-electron chi connectivity index (χ1n) is 7.98. The van der Waals surface area contributed by atoms with Gasteiger partial charge in [-0.1, -0.05) is 6.07 Å². The van der Waals surface area contributed by atoms with Gasteiger partial charge in [0.05, 0.1) is 31.3 Å². The van der Waals surface area contributed by atoms with Crippen LogP contribution in [0.5, 0.6) is 5.75 Å². The molecule has 0 amide bonds. The molecule has 1 N–H and O–H groups in total. The van der Waals surface area contributed by atoms with Gasteiger partial charge in [0.2, 0.25) is 0 Å². The number of nitrogens with zero attached hydrogens (tertiary/aromatic N) is 1. The second-order valence-electron chi connectivity index (χ2n) is 6.87. The van der Waals surface area contributed by atoms with E-state index in [1.165, 1.54) is 0 Å². The Kier molecular flexibility index (Phi) is 4.09. The Morgan fingerprint density at radius 1 is 1.48 bits per heavy atom. The lowest BCUT2D eigenvalue weighted by Crippen LogP contribution is -2.40. The Balaban J connectivity index is 1.64. The van der Waals surface area contributed by atoms with Crippen LogP contribution < -0.4 is 4.74 Å². The summed E-state index contributed by atoms with van der Waals surface area (Å²) < 4.78 is 16.4. The number of ether oxygens (including phenoxy) is 3. The van der Waals surface area contributed by atoms with Crippen LogP contribution in [0.4, 0.5) is 0 Å². The average Bonchev–Trinajstić information content (AvgIpc) is 2.88. The van der Waals surface area contributed by atoms with Gasteiger partial charge in [0, 0.05) is 0 Å². The fourth-order valence-corrected chi connectivity index (χ4v) is 3.49.